The lowest BCUT2D eigenvalue weighted by Gasteiger charge is -2.16. The summed E-state index contributed by atoms with van der Waals surface area (Å²) < 4.78 is 15.8. The highest BCUT2D eigenvalue weighted by Crippen LogP contribution is 2.40. The molecule has 0 radical (unpaired) electrons. The molecule has 0 aliphatic carbocycles. The molecule has 0 aromatic heterocycles. The summed E-state index contributed by atoms with van der Waals surface area (Å²) in [5.74, 6) is 0.926. The number of nitro groups is 1. The van der Waals surface area contributed by atoms with Crippen LogP contribution in [0.1, 0.15) is 24.0 Å². The maximum Gasteiger partial charge on any atom is 0.311 e. The fourth-order valence-corrected chi connectivity index (χ4v) is 2.98. The first kappa shape index (κ1) is 20.5. The molecular formula is C19H20ClNO6. The summed E-state index contributed by atoms with van der Waals surface area (Å²) >= 11 is 6.22. The Morgan fingerprint density at radius 1 is 1.15 bits per heavy atom. The molecule has 27 heavy (non-hydrogen) atoms. The summed E-state index contributed by atoms with van der Waals surface area (Å²) in [5, 5.41) is 11.1. The average molecular weight is 394 g/mol. The minimum Gasteiger partial charge on any atom is -0.493 e. The number of carbonyl (C=O) groups is 1. The van der Waals surface area contributed by atoms with Crippen LogP contribution >= 0.6 is 11.6 Å². The van der Waals surface area contributed by atoms with Crippen molar-refractivity contribution in [3.05, 3.63) is 56.6 Å². The first-order valence-electron chi connectivity index (χ1n) is 8.22. The van der Waals surface area contributed by atoms with E-state index >= 15 is 0 Å². The standard InChI is InChI=1S/C19H20ClNO6/c1-12-13(11-16(20)19(26-3)18(12)25-2)5-4-6-17(22)27-15-9-7-14(8-10-15)21(23)24/h7-11H,4-6H2,1-3H3. The zero-order chi connectivity index (χ0) is 20.0. The molecule has 0 spiro atoms. The molecule has 2 aromatic rings. The third-order valence-electron chi connectivity index (χ3n) is 4.06. The van der Waals surface area contributed by atoms with Crippen molar-refractivity contribution in [1.29, 1.82) is 0 Å². The summed E-state index contributed by atoms with van der Waals surface area (Å²) in [5.41, 5.74) is 1.80. The molecule has 0 heterocycles. The molecule has 0 bridgehead atoms. The van der Waals surface area contributed by atoms with Gasteiger partial charge in [-0.15, -0.1) is 0 Å². The molecule has 0 atom stereocenters. The first-order valence-corrected chi connectivity index (χ1v) is 8.60. The van der Waals surface area contributed by atoms with E-state index < -0.39 is 10.9 Å². The number of esters is 1. The van der Waals surface area contributed by atoms with Crippen LogP contribution in [0.2, 0.25) is 5.02 Å². The van der Waals surface area contributed by atoms with Crippen LogP contribution in [0.5, 0.6) is 17.2 Å². The van der Waals surface area contributed by atoms with Gasteiger partial charge in [0.25, 0.3) is 5.69 Å². The molecule has 0 aliphatic rings. The molecule has 8 heteroatoms. The normalized spacial score (nSPS) is 10.4. The SMILES string of the molecule is COc1c(Cl)cc(CCCC(=O)Oc2ccc([N+](=O)[O-])cc2)c(C)c1OC. The third-order valence-corrected chi connectivity index (χ3v) is 4.34. The van der Waals surface area contributed by atoms with E-state index in [0.717, 1.165) is 11.1 Å². The Labute approximate surface area is 162 Å². The van der Waals surface area contributed by atoms with Gasteiger partial charge < -0.3 is 14.2 Å². The van der Waals surface area contributed by atoms with Gasteiger partial charge in [0.15, 0.2) is 11.5 Å². The van der Waals surface area contributed by atoms with Crippen molar-refractivity contribution >= 4 is 23.3 Å². The van der Waals surface area contributed by atoms with E-state index in [0.29, 0.717) is 29.4 Å². The van der Waals surface area contributed by atoms with Gasteiger partial charge in [-0.05, 0) is 49.1 Å². The fourth-order valence-electron chi connectivity index (χ4n) is 2.69. The number of methoxy groups -OCH3 is 2. The highest BCUT2D eigenvalue weighted by Gasteiger charge is 2.16. The van der Waals surface area contributed by atoms with Crippen molar-refractivity contribution in [2.75, 3.05) is 14.2 Å². The van der Waals surface area contributed by atoms with Crippen LogP contribution in [0.15, 0.2) is 30.3 Å². The van der Waals surface area contributed by atoms with Gasteiger partial charge in [0.2, 0.25) is 0 Å². The number of hydrogen-bond donors (Lipinski definition) is 0. The molecule has 0 amide bonds. The van der Waals surface area contributed by atoms with Crippen molar-refractivity contribution < 1.29 is 23.9 Å². The summed E-state index contributed by atoms with van der Waals surface area (Å²) in [7, 11) is 3.07. The Bertz CT molecular complexity index is 835. The van der Waals surface area contributed by atoms with E-state index in [9.17, 15) is 14.9 Å². The van der Waals surface area contributed by atoms with Crippen LogP contribution in [0.3, 0.4) is 0 Å². The molecule has 2 aromatic carbocycles. The predicted molar refractivity (Wildman–Crippen MR) is 101 cm³/mol. The molecule has 0 unspecified atom stereocenters. The summed E-state index contributed by atoms with van der Waals surface area (Å²) in [6.45, 7) is 1.90. The maximum absolute atomic E-state index is 12.0. The molecule has 2 rings (SSSR count). The van der Waals surface area contributed by atoms with E-state index in [1.165, 1.54) is 31.4 Å². The number of nitrogens with zero attached hydrogens (tertiary/aromatic N) is 1. The Kier molecular flexibility index (Phi) is 7.01. The molecule has 7 nitrogen and oxygen atoms in total. The molecule has 0 aliphatic heterocycles. The van der Waals surface area contributed by atoms with Crippen LogP contribution in [0, 0.1) is 17.0 Å². The van der Waals surface area contributed by atoms with E-state index in [-0.39, 0.29) is 17.9 Å². The summed E-state index contributed by atoms with van der Waals surface area (Å²) in [6, 6.07) is 7.18. The second-order valence-electron chi connectivity index (χ2n) is 5.79. The first-order chi connectivity index (χ1) is 12.9. The largest absolute Gasteiger partial charge is 0.493 e. The molecule has 0 fully saturated rings. The molecule has 144 valence electrons. The zero-order valence-electron chi connectivity index (χ0n) is 15.3. The van der Waals surface area contributed by atoms with E-state index in [4.69, 9.17) is 25.8 Å². The Morgan fingerprint density at radius 2 is 1.78 bits per heavy atom. The third kappa shape index (κ3) is 5.10. The Balaban J connectivity index is 1.95. The number of carbonyl (C=O) groups excluding carboxylic acids is 1. The van der Waals surface area contributed by atoms with Gasteiger partial charge in [-0.25, -0.2) is 0 Å². The Hall–Kier alpha value is -2.80. The van der Waals surface area contributed by atoms with Crippen LogP contribution in [0.4, 0.5) is 5.69 Å². The Morgan fingerprint density at radius 3 is 2.33 bits per heavy atom. The molecular weight excluding hydrogens is 374 g/mol. The number of hydrogen-bond acceptors (Lipinski definition) is 6. The van der Waals surface area contributed by atoms with Gasteiger partial charge in [0.05, 0.1) is 24.2 Å². The van der Waals surface area contributed by atoms with Crippen LogP contribution < -0.4 is 14.2 Å². The monoisotopic (exact) mass is 393 g/mol. The highest BCUT2D eigenvalue weighted by molar-refractivity contribution is 6.32. The minimum atomic E-state index is -0.512. The highest BCUT2D eigenvalue weighted by atomic mass is 35.5. The lowest BCUT2D eigenvalue weighted by atomic mass is 10.0. The van der Waals surface area contributed by atoms with Crippen molar-refractivity contribution in [3.63, 3.8) is 0 Å². The summed E-state index contributed by atoms with van der Waals surface area (Å²) in [4.78, 5) is 22.1. The topological polar surface area (TPSA) is 87.9 Å². The second kappa shape index (κ2) is 9.23. The lowest BCUT2D eigenvalue weighted by molar-refractivity contribution is -0.384. The van der Waals surface area contributed by atoms with Gasteiger partial charge in [-0.2, -0.15) is 0 Å². The van der Waals surface area contributed by atoms with Gasteiger partial charge in [-0.3, -0.25) is 14.9 Å². The van der Waals surface area contributed by atoms with Gasteiger partial charge in [0, 0.05) is 18.6 Å². The number of nitro benzene ring substituents is 1. The van der Waals surface area contributed by atoms with Crippen LogP contribution in [0.25, 0.3) is 0 Å². The smallest absolute Gasteiger partial charge is 0.311 e. The van der Waals surface area contributed by atoms with Crippen LogP contribution in [-0.4, -0.2) is 25.1 Å². The number of rotatable bonds is 8. The maximum atomic E-state index is 12.0. The number of ether oxygens (including phenoxy) is 3. The number of benzene rings is 2. The van der Waals surface area contributed by atoms with Crippen molar-refractivity contribution in [2.24, 2.45) is 0 Å². The van der Waals surface area contributed by atoms with Gasteiger partial charge >= 0.3 is 5.97 Å². The number of halogens is 1. The van der Waals surface area contributed by atoms with Gasteiger partial charge in [-0.1, -0.05) is 11.6 Å². The number of non-ortho nitro benzene ring substituents is 1. The zero-order valence-corrected chi connectivity index (χ0v) is 16.0. The molecule has 0 saturated heterocycles. The van der Waals surface area contributed by atoms with Gasteiger partial charge in [0.1, 0.15) is 5.75 Å². The minimum absolute atomic E-state index is 0.0596. The predicted octanol–water partition coefficient (Wildman–Crippen LogP) is 4.50. The quantitative estimate of drug-likeness (QED) is 0.284. The molecule has 0 N–H and O–H groups in total. The van der Waals surface area contributed by atoms with Crippen molar-refractivity contribution in [1.82, 2.24) is 0 Å². The lowest BCUT2D eigenvalue weighted by Crippen LogP contribution is -2.08. The second-order valence-corrected chi connectivity index (χ2v) is 6.19. The van der Waals surface area contributed by atoms with Crippen molar-refractivity contribution in [3.8, 4) is 17.2 Å². The fraction of sp³-hybridized carbons (Fsp3) is 0.316. The van der Waals surface area contributed by atoms with E-state index in [2.05, 4.69) is 0 Å². The van der Waals surface area contributed by atoms with Crippen molar-refractivity contribution in [2.45, 2.75) is 26.2 Å². The van der Waals surface area contributed by atoms with Crippen LogP contribution in [-0.2, 0) is 11.2 Å². The average Bonchev–Trinajstić information content (AvgIpc) is 2.64. The summed E-state index contributed by atoms with van der Waals surface area (Å²) in [6.07, 6.45) is 1.36. The number of aryl methyl sites for hydroxylation is 1. The molecule has 0 saturated carbocycles. The van der Waals surface area contributed by atoms with E-state index in [1.54, 1.807) is 13.2 Å². The van der Waals surface area contributed by atoms with E-state index in [1.807, 2.05) is 6.92 Å².